The highest BCUT2D eigenvalue weighted by Crippen LogP contribution is 2.28. The van der Waals surface area contributed by atoms with Crippen molar-refractivity contribution in [3.63, 3.8) is 0 Å². The number of aryl methyl sites for hydroxylation is 1. The van der Waals surface area contributed by atoms with Crippen LogP contribution in [0, 0.1) is 5.92 Å². The second-order valence-electron chi connectivity index (χ2n) is 4.58. The Morgan fingerprint density at radius 3 is 2.88 bits per heavy atom. The van der Waals surface area contributed by atoms with Crippen LogP contribution in [0.2, 0.25) is 0 Å². The third kappa shape index (κ3) is 3.49. The van der Waals surface area contributed by atoms with E-state index in [9.17, 15) is 4.79 Å². The minimum Gasteiger partial charge on any atom is -0.300 e. The van der Waals surface area contributed by atoms with Crippen molar-refractivity contribution in [3.8, 4) is 0 Å². The maximum atomic E-state index is 11.7. The molecule has 1 amide bonds. The molecule has 1 aromatic rings. The molecular formula is C12H19N3OS. The molecule has 1 aliphatic carbocycles. The Hall–Kier alpha value is -0.970. The van der Waals surface area contributed by atoms with E-state index >= 15 is 0 Å². The van der Waals surface area contributed by atoms with Gasteiger partial charge in [-0.15, -0.1) is 10.2 Å². The van der Waals surface area contributed by atoms with Gasteiger partial charge in [0.1, 0.15) is 5.01 Å². The second-order valence-corrected chi connectivity index (χ2v) is 5.64. The van der Waals surface area contributed by atoms with Gasteiger partial charge in [-0.1, -0.05) is 37.5 Å². The van der Waals surface area contributed by atoms with Crippen molar-refractivity contribution in [3.05, 3.63) is 5.01 Å². The highest BCUT2D eigenvalue weighted by Gasteiger charge is 2.25. The average Bonchev–Trinajstić information content (AvgIpc) is 2.63. The summed E-state index contributed by atoms with van der Waals surface area (Å²) in [5.41, 5.74) is 0. The largest absolute Gasteiger partial charge is 0.300 e. The molecule has 0 spiro atoms. The van der Waals surface area contributed by atoms with E-state index in [1.807, 2.05) is 0 Å². The van der Waals surface area contributed by atoms with Gasteiger partial charge in [-0.3, -0.25) is 4.79 Å². The summed E-state index contributed by atoms with van der Waals surface area (Å²) in [5.74, 6) is 0.329. The molecule has 0 saturated heterocycles. The first-order valence-electron chi connectivity index (χ1n) is 6.43. The quantitative estimate of drug-likeness (QED) is 0.793. The van der Waals surface area contributed by atoms with E-state index in [1.54, 1.807) is 0 Å². The van der Waals surface area contributed by atoms with Crippen molar-refractivity contribution in [2.75, 3.05) is 5.32 Å². The molecule has 1 aromatic heterocycles. The summed E-state index contributed by atoms with van der Waals surface area (Å²) >= 11 is 1.51. The first-order valence-corrected chi connectivity index (χ1v) is 7.24. The van der Waals surface area contributed by atoms with Gasteiger partial charge in [0.15, 0.2) is 0 Å². The van der Waals surface area contributed by atoms with E-state index in [-0.39, 0.29) is 11.8 Å². The monoisotopic (exact) mass is 253 g/mol. The summed E-state index contributed by atoms with van der Waals surface area (Å²) in [5, 5.41) is 12.7. The number of anilines is 1. The van der Waals surface area contributed by atoms with Gasteiger partial charge >= 0.3 is 0 Å². The van der Waals surface area contributed by atoms with Gasteiger partial charge in [0.25, 0.3) is 0 Å². The van der Waals surface area contributed by atoms with Crippen LogP contribution in [-0.2, 0) is 11.2 Å². The van der Waals surface area contributed by atoms with Gasteiger partial charge < -0.3 is 5.32 Å². The zero-order chi connectivity index (χ0) is 12.1. The molecule has 0 atom stereocenters. The van der Waals surface area contributed by atoms with Crippen molar-refractivity contribution in [2.24, 2.45) is 5.92 Å². The standard InChI is InChI=1S/C12H19N3OS/c1-2-3-4-8-10-14-15-12(17-10)13-11(16)9-6-5-7-9/h9H,2-8H2,1H3,(H,13,15,16). The Kier molecular flexibility index (Phi) is 4.48. The van der Waals surface area contributed by atoms with Crippen molar-refractivity contribution in [1.82, 2.24) is 10.2 Å². The molecule has 1 saturated carbocycles. The van der Waals surface area contributed by atoms with Crippen molar-refractivity contribution in [2.45, 2.75) is 51.9 Å². The molecule has 1 heterocycles. The van der Waals surface area contributed by atoms with Crippen LogP contribution >= 0.6 is 11.3 Å². The SMILES string of the molecule is CCCCCc1nnc(NC(=O)C2CCC2)s1. The molecule has 1 aliphatic rings. The molecule has 0 radical (unpaired) electrons. The first-order chi connectivity index (χ1) is 8.29. The van der Waals surface area contributed by atoms with E-state index in [4.69, 9.17) is 0 Å². The third-order valence-electron chi connectivity index (χ3n) is 3.17. The molecule has 5 heteroatoms. The normalized spacial score (nSPS) is 15.6. The third-order valence-corrected chi connectivity index (χ3v) is 4.07. The number of amides is 1. The Balaban J connectivity index is 1.78. The fourth-order valence-corrected chi connectivity index (χ4v) is 2.59. The number of nitrogens with one attached hydrogen (secondary N) is 1. The van der Waals surface area contributed by atoms with E-state index in [2.05, 4.69) is 22.4 Å². The molecule has 4 nitrogen and oxygen atoms in total. The zero-order valence-corrected chi connectivity index (χ0v) is 11.1. The number of unbranched alkanes of at least 4 members (excludes halogenated alkanes) is 2. The fourth-order valence-electron chi connectivity index (χ4n) is 1.81. The van der Waals surface area contributed by atoms with E-state index in [0.717, 1.165) is 30.7 Å². The Bertz CT molecular complexity index is 374. The predicted molar refractivity (Wildman–Crippen MR) is 69.1 cm³/mol. The molecule has 94 valence electrons. The molecule has 1 N–H and O–H groups in total. The van der Waals surface area contributed by atoms with Gasteiger partial charge in [0.05, 0.1) is 0 Å². The predicted octanol–water partition coefficient (Wildman–Crippen LogP) is 3.01. The van der Waals surface area contributed by atoms with Gasteiger partial charge in [0.2, 0.25) is 11.0 Å². The summed E-state index contributed by atoms with van der Waals surface area (Å²) in [6.45, 7) is 2.18. The van der Waals surface area contributed by atoms with Gasteiger partial charge in [0, 0.05) is 12.3 Å². The second kappa shape index (κ2) is 6.10. The highest BCUT2D eigenvalue weighted by molar-refractivity contribution is 7.15. The summed E-state index contributed by atoms with van der Waals surface area (Å²) in [4.78, 5) is 11.7. The van der Waals surface area contributed by atoms with Crippen LogP contribution in [-0.4, -0.2) is 16.1 Å². The highest BCUT2D eigenvalue weighted by atomic mass is 32.1. The van der Waals surface area contributed by atoms with Crippen LogP contribution in [0.4, 0.5) is 5.13 Å². The number of carbonyl (C=O) groups excluding carboxylic acids is 1. The number of aromatic nitrogens is 2. The summed E-state index contributed by atoms with van der Waals surface area (Å²) in [6.07, 6.45) is 7.79. The smallest absolute Gasteiger partial charge is 0.229 e. The number of hydrogen-bond acceptors (Lipinski definition) is 4. The van der Waals surface area contributed by atoms with Crippen molar-refractivity contribution >= 4 is 22.4 Å². The molecule has 17 heavy (non-hydrogen) atoms. The van der Waals surface area contributed by atoms with Crippen LogP contribution < -0.4 is 5.32 Å². The lowest BCUT2D eigenvalue weighted by Gasteiger charge is -2.23. The van der Waals surface area contributed by atoms with Crippen LogP contribution in [0.15, 0.2) is 0 Å². The molecular weight excluding hydrogens is 234 g/mol. The van der Waals surface area contributed by atoms with Gasteiger partial charge in [-0.05, 0) is 19.3 Å². The maximum Gasteiger partial charge on any atom is 0.229 e. The van der Waals surface area contributed by atoms with Gasteiger partial charge in [-0.25, -0.2) is 0 Å². The zero-order valence-electron chi connectivity index (χ0n) is 10.2. The van der Waals surface area contributed by atoms with Gasteiger partial charge in [-0.2, -0.15) is 0 Å². The van der Waals surface area contributed by atoms with E-state index in [1.165, 1.54) is 30.6 Å². The Morgan fingerprint density at radius 1 is 1.41 bits per heavy atom. The number of rotatable bonds is 6. The molecule has 0 aromatic carbocycles. The lowest BCUT2D eigenvalue weighted by molar-refractivity contribution is -0.122. The Labute approximate surface area is 106 Å². The lowest BCUT2D eigenvalue weighted by Crippen LogP contribution is -2.27. The van der Waals surface area contributed by atoms with Crippen molar-refractivity contribution in [1.29, 1.82) is 0 Å². The molecule has 2 rings (SSSR count). The van der Waals surface area contributed by atoms with Crippen LogP contribution in [0.5, 0.6) is 0 Å². The summed E-state index contributed by atoms with van der Waals surface area (Å²) < 4.78 is 0. The van der Waals surface area contributed by atoms with E-state index in [0.29, 0.717) is 5.13 Å². The molecule has 0 unspecified atom stereocenters. The average molecular weight is 253 g/mol. The molecule has 0 aliphatic heterocycles. The minimum absolute atomic E-state index is 0.118. The van der Waals surface area contributed by atoms with Crippen LogP contribution in [0.25, 0.3) is 0 Å². The molecule has 1 fully saturated rings. The fraction of sp³-hybridized carbons (Fsp3) is 0.750. The summed E-state index contributed by atoms with van der Waals surface area (Å²) in [7, 11) is 0. The number of hydrogen-bond donors (Lipinski definition) is 1. The van der Waals surface area contributed by atoms with E-state index < -0.39 is 0 Å². The summed E-state index contributed by atoms with van der Waals surface area (Å²) in [6, 6.07) is 0. The maximum absolute atomic E-state index is 11.7. The van der Waals surface area contributed by atoms with Crippen LogP contribution in [0.3, 0.4) is 0 Å². The topological polar surface area (TPSA) is 54.9 Å². The molecule has 0 bridgehead atoms. The minimum atomic E-state index is 0.118. The van der Waals surface area contributed by atoms with Crippen LogP contribution in [0.1, 0.15) is 50.5 Å². The first kappa shape index (κ1) is 12.5. The lowest BCUT2D eigenvalue weighted by atomic mass is 9.85. The number of nitrogens with zero attached hydrogens (tertiary/aromatic N) is 2. The number of carbonyl (C=O) groups is 1. The Morgan fingerprint density at radius 2 is 2.24 bits per heavy atom. The van der Waals surface area contributed by atoms with Crippen molar-refractivity contribution < 1.29 is 4.79 Å².